The van der Waals surface area contributed by atoms with Gasteiger partial charge in [0.15, 0.2) is 0 Å². The maximum Gasteiger partial charge on any atom is 0.420 e. The van der Waals surface area contributed by atoms with Crippen molar-refractivity contribution < 1.29 is 13.2 Å². The minimum atomic E-state index is -5.01. The third-order valence-electron chi connectivity index (χ3n) is 14.1. The fourth-order valence-corrected chi connectivity index (χ4v) is 10.4. The van der Waals surface area contributed by atoms with E-state index in [9.17, 15) is 26.3 Å². The molecule has 0 aliphatic carbocycles. The van der Waals surface area contributed by atoms with Gasteiger partial charge in [-0.2, -0.15) is 39.5 Å². The van der Waals surface area contributed by atoms with E-state index in [0.717, 1.165) is 22.3 Å². The second-order valence-corrected chi connectivity index (χ2v) is 18.4. The first-order chi connectivity index (χ1) is 37.0. The van der Waals surface area contributed by atoms with E-state index in [2.05, 4.69) is 30.3 Å². The van der Waals surface area contributed by atoms with Crippen molar-refractivity contribution in [2.75, 3.05) is 0 Å². The number of rotatable bonds is 7. The summed E-state index contributed by atoms with van der Waals surface area (Å²) in [5.41, 5.74) is 9.71. The first kappa shape index (κ1) is 46.1. The van der Waals surface area contributed by atoms with Crippen molar-refractivity contribution in [3.63, 3.8) is 0 Å². The van der Waals surface area contributed by atoms with Crippen molar-refractivity contribution in [2.45, 2.75) is 6.18 Å². The predicted octanol–water partition coefficient (Wildman–Crippen LogP) is 16.6. The summed E-state index contributed by atoms with van der Waals surface area (Å²) >= 11 is 0. The van der Waals surface area contributed by atoms with Gasteiger partial charge in [-0.3, -0.25) is 0 Å². The minimum absolute atomic E-state index is 0.169. The van der Waals surface area contributed by atoms with Crippen LogP contribution in [-0.2, 0) is 6.18 Å². The molecule has 2 heterocycles. The molecule has 10 heteroatoms. The van der Waals surface area contributed by atoms with Gasteiger partial charge < -0.3 is 9.13 Å². The molecule has 0 bridgehead atoms. The predicted molar refractivity (Wildman–Crippen MR) is 291 cm³/mol. The number of fused-ring (bicyclic) bond motifs is 6. The topological polar surface area (TPSA) is 129 Å². The van der Waals surface area contributed by atoms with Crippen molar-refractivity contribution in [1.29, 1.82) is 26.3 Å². The van der Waals surface area contributed by atoms with Crippen molar-refractivity contribution in [1.82, 2.24) is 9.13 Å². The van der Waals surface area contributed by atoms with Gasteiger partial charge in [-0.15, -0.1) is 0 Å². The molecule has 76 heavy (non-hydrogen) atoms. The number of alkyl halides is 3. The van der Waals surface area contributed by atoms with E-state index >= 15 is 13.2 Å². The van der Waals surface area contributed by atoms with Crippen LogP contribution in [0, 0.1) is 56.7 Å². The Labute approximate surface area is 433 Å². The molecule has 0 aliphatic heterocycles. The molecular formula is C66H34F3N7. The molecule has 0 saturated carbocycles. The van der Waals surface area contributed by atoms with Gasteiger partial charge in [0, 0.05) is 21.5 Å². The summed E-state index contributed by atoms with van der Waals surface area (Å²) < 4.78 is 55.1. The molecule has 0 N–H and O–H groups in total. The summed E-state index contributed by atoms with van der Waals surface area (Å²) in [5, 5.41) is 51.4. The smallest absolute Gasteiger partial charge is 0.308 e. The minimum Gasteiger partial charge on any atom is -0.308 e. The third kappa shape index (κ3) is 7.92. The maximum atomic E-state index is 17.2. The lowest BCUT2D eigenvalue weighted by Gasteiger charge is -2.23. The molecule has 0 fully saturated rings. The van der Waals surface area contributed by atoms with E-state index < -0.39 is 11.7 Å². The van der Waals surface area contributed by atoms with Gasteiger partial charge >= 0.3 is 6.18 Å². The van der Waals surface area contributed by atoms with Gasteiger partial charge in [0.1, 0.15) is 5.56 Å². The molecule has 12 aromatic rings. The number of hydrogen-bond donors (Lipinski definition) is 0. The molecule has 0 aliphatic rings. The Bertz CT molecular complexity index is 4100. The number of halogens is 3. The Kier molecular flexibility index (Phi) is 11.1. The van der Waals surface area contributed by atoms with E-state index in [-0.39, 0.29) is 11.4 Å². The highest BCUT2D eigenvalue weighted by atomic mass is 19.4. The highest BCUT2D eigenvalue weighted by molar-refractivity contribution is 6.13. The van der Waals surface area contributed by atoms with Gasteiger partial charge in [0.25, 0.3) is 0 Å². The molecule has 7 nitrogen and oxygen atoms in total. The molecule has 12 rings (SSSR count). The Morgan fingerprint density at radius 2 is 0.553 bits per heavy atom. The molecule has 0 radical (unpaired) electrons. The summed E-state index contributed by atoms with van der Waals surface area (Å²) in [4.78, 5) is 0. The average molecular weight is 982 g/mol. The lowest BCUT2D eigenvalue weighted by atomic mass is 9.97. The van der Waals surface area contributed by atoms with Crippen LogP contribution < -0.4 is 0 Å². The number of hydrogen-bond acceptors (Lipinski definition) is 5. The third-order valence-corrected chi connectivity index (χ3v) is 14.1. The Hall–Kier alpha value is -11.0. The van der Waals surface area contributed by atoms with Crippen LogP contribution in [-0.4, -0.2) is 9.13 Å². The van der Waals surface area contributed by atoms with Crippen LogP contribution in [0.4, 0.5) is 13.2 Å². The molecule has 0 spiro atoms. The second-order valence-electron chi connectivity index (χ2n) is 18.4. The van der Waals surface area contributed by atoms with E-state index in [1.165, 1.54) is 0 Å². The highest BCUT2D eigenvalue weighted by Gasteiger charge is 2.40. The monoisotopic (exact) mass is 981 g/mol. The van der Waals surface area contributed by atoms with Crippen molar-refractivity contribution >= 4 is 43.6 Å². The normalized spacial score (nSPS) is 11.3. The zero-order valence-corrected chi connectivity index (χ0v) is 39.9. The van der Waals surface area contributed by atoms with Crippen molar-refractivity contribution in [3.05, 3.63) is 240 Å². The van der Waals surface area contributed by atoms with Gasteiger partial charge in [0.2, 0.25) is 0 Å². The van der Waals surface area contributed by atoms with E-state index in [0.29, 0.717) is 105 Å². The van der Waals surface area contributed by atoms with Gasteiger partial charge in [-0.1, -0.05) is 109 Å². The number of nitriles is 5. The number of benzene rings is 10. The first-order valence-electron chi connectivity index (χ1n) is 24.0. The molecule has 0 saturated heterocycles. The maximum absolute atomic E-state index is 17.2. The molecule has 10 aromatic carbocycles. The van der Waals surface area contributed by atoms with E-state index in [1.807, 2.05) is 121 Å². The molecule has 354 valence electrons. The quantitative estimate of drug-likeness (QED) is 0.157. The second kappa shape index (κ2) is 18.3. The van der Waals surface area contributed by atoms with Crippen LogP contribution in [0.15, 0.2) is 206 Å². The van der Waals surface area contributed by atoms with Crippen molar-refractivity contribution in [2.24, 2.45) is 0 Å². The van der Waals surface area contributed by atoms with Crippen LogP contribution in [0.5, 0.6) is 0 Å². The molecule has 0 unspecified atom stereocenters. The zero-order valence-electron chi connectivity index (χ0n) is 39.9. The lowest BCUT2D eigenvalue weighted by molar-refractivity contribution is -0.137. The number of nitrogens with zero attached hydrogens (tertiary/aromatic N) is 7. The van der Waals surface area contributed by atoms with Crippen LogP contribution in [0.25, 0.3) is 111 Å². The van der Waals surface area contributed by atoms with Crippen LogP contribution in [0.1, 0.15) is 33.4 Å². The van der Waals surface area contributed by atoms with Crippen LogP contribution >= 0.6 is 0 Å². The fourth-order valence-electron chi connectivity index (χ4n) is 10.4. The SMILES string of the molecule is N#Cc1ccc(-c2ccc3c4ccc(-c5ccc(C#N)cc5)cc4n(-c4cc(-c5cccc(C#N)c5)cc(-n5c6cc(-c7ccc(C#N)cc7)ccc6c6ccc(-c7ccc(C#N)cc7)cc65)c4C(F)(F)F)c3c2)cc1. The zero-order chi connectivity index (χ0) is 52.2. The van der Waals surface area contributed by atoms with E-state index in [4.69, 9.17) is 0 Å². The lowest BCUT2D eigenvalue weighted by Crippen LogP contribution is -2.16. The standard InChI is InChI=1S/C66H34F3N7/c67-66(68,69)65-63(75-59-29-50(45-12-4-40(35-70)5-13-45)20-24-55(59)56-25-21-51(30-60(56)75)46-14-6-41(36-71)7-15-46)33-54(49-3-1-2-44(28-49)39-74)34-64(65)76-61-31-52(47-16-8-42(37-72)9-17-47)22-26-57(61)58-27-23-53(32-62(58)76)48-18-10-43(38-73)11-19-48/h1-34H. The van der Waals surface area contributed by atoms with Gasteiger partial charge in [0.05, 0.1) is 91.6 Å². The Morgan fingerprint density at radius 1 is 0.276 bits per heavy atom. The van der Waals surface area contributed by atoms with Crippen LogP contribution in [0.2, 0.25) is 0 Å². The Morgan fingerprint density at radius 3 is 0.829 bits per heavy atom. The van der Waals surface area contributed by atoms with E-state index in [1.54, 1.807) is 94.1 Å². The van der Waals surface area contributed by atoms with Crippen molar-refractivity contribution in [3.8, 4) is 97.4 Å². The largest absolute Gasteiger partial charge is 0.420 e. The molecule has 0 atom stereocenters. The highest BCUT2D eigenvalue weighted by Crippen LogP contribution is 2.48. The summed E-state index contributed by atoms with van der Waals surface area (Å²) in [5.74, 6) is 0. The average Bonchev–Trinajstić information content (AvgIpc) is 4.00. The number of aromatic nitrogens is 2. The van der Waals surface area contributed by atoms with Gasteiger partial charge in [-0.25, -0.2) is 0 Å². The fraction of sp³-hybridized carbons (Fsp3) is 0.0152. The summed E-state index contributed by atoms with van der Waals surface area (Å²) in [6.45, 7) is 0. The van der Waals surface area contributed by atoms with Gasteiger partial charge in [-0.05, 0) is 153 Å². The summed E-state index contributed by atoms with van der Waals surface area (Å²) in [7, 11) is 0. The summed E-state index contributed by atoms with van der Waals surface area (Å²) in [6.07, 6.45) is -5.01. The molecule has 2 aromatic heterocycles. The Balaban J connectivity index is 1.24. The van der Waals surface area contributed by atoms with Crippen LogP contribution in [0.3, 0.4) is 0 Å². The first-order valence-corrected chi connectivity index (χ1v) is 24.0. The molecule has 0 amide bonds. The molecular weight excluding hydrogens is 948 g/mol. The summed E-state index contributed by atoms with van der Waals surface area (Å²) in [6, 6.07) is 71.9.